The first-order valence-electron chi connectivity index (χ1n) is 7.42. The number of ether oxygens (including phenoxy) is 1. The maximum Gasteiger partial charge on any atom is 0.338 e. The predicted molar refractivity (Wildman–Crippen MR) is 92.2 cm³/mol. The third-order valence-electron chi connectivity index (χ3n) is 3.63. The van der Waals surface area contributed by atoms with Crippen molar-refractivity contribution in [1.82, 2.24) is 14.8 Å². The van der Waals surface area contributed by atoms with Gasteiger partial charge in [-0.2, -0.15) is 10.1 Å². The second kappa shape index (κ2) is 6.45. The molecule has 1 aromatic carbocycles. The monoisotopic (exact) mass is 366 g/mol. The minimum atomic E-state index is -0.615. The SMILES string of the molecule is CC1=C(C(=O)OC(C)C)C(c2c(Cl)cccc2Cl)n2ncnc2N1. The van der Waals surface area contributed by atoms with Crippen LogP contribution in [0.15, 0.2) is 35.8 Å². The first kappa shape index (κ1) is 16.8. The quantitative estimate of drug-likeness (QED) is 0.836. The molecule has 3 rings (SSSR count). The molecule has 0 bridgehead atoms. The van der Waals surface area contributed by atoms with E-state index < -0.39 is 12.0 Å². The van der Waals surface area contributed by atoms with Gasteiger partial charge in [0, 0.05) is 21.3 Å². The van der Waals surface area contributed by atoms with E-state index in [1.54, 1.807) is 43.7 Å². The number of rotatable bonds is 3. The summed E-state index contributed by atoms with van der Waals surface area (Å²) in [5, 5.41) is 8.18. The van der Waals surface area contributed by atoms with Crippen LogP contribution in [0.3, 0.4) is 0 Å². The lowest BCUT2D eigenvalue weighted by atomic mass is 9.95. The fourth-order valence-electron chi connectivity index (χ4n) is 2.67. The Morgan fingerprint density at radius 3 is 2.62 bits per heavy atom. The number of esters is 1. The molecule has 0 amide bonds. The van der Waals surface area contributed by atoms with Crippen LogP contribution in [-0.2, 0) is 9.53 Å². The van der Waals surface area contributed by atoms with Crippen molar-refractivity contribution in [2.24, 2.45) is 0 Å². The number of carbonyl (C=O) groups excluding carboxylic acids is 1. The second-order valence-corrected chi connectivity index (χ2v) is 6.50. The zero-order valence-electron chi connectivity index (χ0n) is 13.4. The molecule has 0 saturated carbocycles. The highest BCUT2D eigenvalue weighted by Gasteiger charge is 2.36. The van der Waals surface area contributed by atoms with Crippen molar-refractivity contribution in [3.05, 3.63) is 51.4 Å². The van der Waals surface area contributed by atoms with Gasteiger partial charge in [-0.25, -0.2) is 9.48 Å². The highest BCUT2D eigenvalue weighted by atomic mass is 35.5. The van der Waals surface area contributed by atoms with Crippen LogP contribution < -0.4 is 5.32 Å². The van der Waals surface area contributed by atoms with Crippen molar-refractivity contribution >= 4 is 35.1 Å². The van der Waals surface area contributed by atoms with Crippen molar-refractivity contribution in [2.75, 3.05) is 5.32 Å². The minimum Gasteiger partial charge on any atom is -0.459 e. The van der Waals surface area contributed by atoms with Gasteiger partial charge in [0.25, 0.3) is 0 Å². The number of hydrogen-bond acceptors (Lipinski definition) is 5. The van der Waals surface area contributed by atoms with E-state index in [0.29, 0.717) is 32.8 Å². The maximum atomic E-state index is 12.7. The number of nitrogens with one attached hydrogen (secondary N) is 1. The number of aromatic nitrogens is 3. The summed E-state index contributed by atoms with van der Waals surface area (Å²) in [7, 11) is 0. The molecule has 0 radical (unpaired) electrons. The Balaban J connectivity index is 2.20. The highest BCUT2D eigenvalue weighted by Crippen LogP contribution is 2.41. The van der Waals surface area contributed by atoms with Gasteiger partial charge in [0.05, 0.1) is 11.7 Å². The lowest BCUT2D eigenvalue weighted by Gasteiger charge is -2.29. The van der Waals surface area contributed by atoms with Crippen LogP contribution >= 0.6 is 23.2 Å². The largest absolute Gasteiger partial charge is 0.459 e. The van der Waals surface area contributed by atoms with Gasteiger partial charge in [-0.1, -0.05) is 29.3 Å². The van der Waals surface area contributed by atoms with Crippen molar-refractivity contribution in [2.45, 2.75) is 32.9 Å². The molecule has 1 aromatic heterocycles. The molecule has 6 nitrogen and oxygen atoms in total. The topological polar surface area (TPSA) is 69.0 Å². The number of carbonyl (C=O) groups is 1. The first-order valence-corrected chi connectivity index (χ1v) is 8.18. The lowest BCUT2D eigenvalue weighted by Crippen LogP contribution is -2.31. The number of allylic oxidation sites excluding steroid dienone is 1. The van der Waals surface area contributed by atoms with Crippen LogP contribution in [0.1, 0.15) is 32.4 Å². The van der Waals surface area contributed by atoms with Crippen LogP contribution in [0.25, 0.3) is 0 Å². The Hall–Kier alpha value is -2.05. The van der Waals surface area contributed by atoms with Gasteiger partial charge in [-0.05, 0) is 32.9 Å². The molecule has 2 aromatic rings. The normalized spacial score (nSPS) is 16.8. The summed E-state index contributed by atoms with van der Waals surface area (Å²) in [6, 6.07) is 4.58. The van der Waals surface area contributed by atoms with E-state index >= 15 is 0 Å². The van der Waals surface area contributed by atoms with Gasteiger partial charge in [-0.15, -0.1) is 0 Å². The smallest absolute Gasteiger partial charge is 0.338 e. The van der Waals surface area contributed by atoms with Gasteiger partial charge in [-0.3, -0.25) is 0 Å². The molecule has 0 fully saturated rings. The molecule has 126 valence electrons. The van der Waals surface area contributed by atoms with Crippen LogP contribution in [0.5, 0.6) is 0 Å². The predicted octanol–water partition coefficient (Wildman–Crippen LogP) is 3.83. The molecule has 2 heterocycles. The molecule has 1 unspecified atom stereocenters. The summed E-state index contributed by atoms with van der Waals surface area (Å²) < 4.78 is 6.98. The number of hydrogen-bond donors (Lipinski definition) is 1. The standard InChI is InChI=1S/C16H16Cl2N4O2/c1-8(2)24-15(23)12-9(3)21-16-19-7-20-22(16)14(12)13-10(17)5-4-6-11(13)18/h4-8,14H,1-3H3,(H,19,20,21). The Morgan fingerprint density at radius 1 is 1.33 bits per heavy atom. The van der Waals surface area contributed by atoms with E-state index in [0.717, 1.165) is 0 Å². The molecule has 1 N–H and O–H groups in total. The molecule has 0 spiro atoms. The zero-order valence-corrected chi connectivity index (χ0v) is 14.9. The summed E-state index contributed by atoms with van der Waals surface area (Å²) in [6.07, 6.45) is 1.15. The van der Waals surface area contributed by atoms with E-state index in [2.05, 4.69) is 15.4 Å². The molecule has 0 aliphatic carbocycles. The molecule has 24 heavy (non-hydrogen) atoms. The van der Waals surface area contributed by atoms with Crippen molar-refractivity contribution in [1.29, 1.82) is 0 Å². The average molecular weight is 367 g/mol. The third kappa shape index (κ3) is 2.87. The van der Waals surface area contributed by atoms with Crippen LogP contribution in [0, 0.1) is 0 Å². The van der Waals surface area contributed by atoms with Crippen molar-refractivity contribution in [3.8, 4) is 0 Å². The van der Waals surface area contributed by atoms with Crippen molar-refractivity contribution < 1.29 is 9.53 Å². The fourth-order valence-corrected chi connectivity index (χ4v) is 3.28. The Labute approximate surface area is 149 Å². The second-order valence-electron chi connectivity index (χ2n) is 5.68. The summed E-state index contributed by atoms with van der Waals surface area (Å²) in [6.45, 7) is 5.37. The molecular weight excluding hydrogens is 351 g/mol. The minimum absolute atomic E-state index is 0.252. The van der Waals surface area contributed by atoms with Gasteiger partial charge in [0.15, 0.2) is 0 Å². The maximum absolute atomic E-state index is 12.7. The third-order valence-corrected chi connectivity index (χ3v) is 4.29. The summed E-state index contributed by atoms with van der Waals surface area (Å²) in [5.74, 6) is 0.0618. The number of nitrogens with zero attached hydrogens (tertiary/aromatic N) is 3. The van der Waals surface area contributed by atoms with Crippen molar-refractivity contribution in [3.63, 3.8) is 0 Å². The highest BCUT2D eigenvalue weighted by molar-refractivity contribution is 6.36. The fraction of sp³-hybridized carbons (Fsp3) is 0.312. The van der Waals surface area contributed by atoms with E-state index in [1.807, 2.05) is 0 Å². The lowest BCUT2D eigenvalue weighted by molar-refractivity contribution is -0.143. The average Bonchev–Trinajstić information content (AvgIpc) is 2.93. The van der Waals surface area contributed by atoms with Gasteiger partial charge in [0.2, 0.25) is 5.95 Å². The summed E-state index contributed by atoms with van der Waals surface area (Å²) in [5.41, 5.74) is 1.61. The Morgan fingerprint density at radius 2 is 2.00 bits per heavy atom. The number of fused-ring (bicyclic) bond motifs is 1. The van der Waals surface area contributed by atoms with E-state index in [-0.39, 0.29) is 6.10 Å². The molecular formula is C16H16Cl2N4O2. The number of halogens is 2. The van der Waals surface area contributed by atoms with E-state index in [1.165, 1.54) is 6.33 Å². The van der Waals surface area contributed by atoms with Crippen LogP contribution in [-0.4, -0.2) is 26.8 Å². The molecule has 0 saturated heterocycles. The molecule has 1 atom stereocenters. The van der Waals surface area contributed by atoms with Gasteiger partial charge in [0.1, 0.15) is 12.4 Å². The first-order chi connectivity index (χ1) is 11.4. The molecule has 1 aliphatic heterocycles. The van der Waals surface area contributed by atoms with E-state index in [9.17, 15) is 4.79 Å². The zero-order chi connectivity index (χ0) is 17.4. The van der Waals surface area contributed by atoms with Crippen LogP contribution in [0.4, 0.5) is 5.95 Å². The Kier molecular flexibility index (Phi) is 4.51. The summed E-state index contributed by atoms with van der Waals surface area (Å²) >= 11 is 12.8. The number of benzene rings is 1. The molecule has 8 heteroatoms. The molecule has 1 aliphatic rings. The Bertz CT molecular complexity index is 809. The van der Waals surface area contributed by atoms with Gasteiger partial charge < -0.3 is 10.1 Å². The van der Waals surface area contributed by atoms with E-state index in [4.69, 9.17) is 27.9 Å². The van der Waals surface area contributed by atoms with Crippen LogP contribution in [0.2, 0.25) is 10.0 Å². The van der Waals surface area contributed by atoms with Gasteiger partial charge >= 0.3 is 5.97 Å². The summed E-state index contributed by atoms with van der Waals surface area (Å²) in [4.78, 5) is 16.9. The number of anilines is 1.